The normalized spacial score (nSPS) is 15.0. The summed E-state index contributed by atoms with van der Waals surface area (Å²) in [6, 6.07) is 29.3. The molecule has 1 unspecified atom stereocenters. The molecule has 1 amide bonds. The van der Waals surface area contributed by atoms with Crippen molar-refractivity contribution in [2.24, 2.45) is 0 Å². The van der Waals surface area contributed by atoms with Crippen molar-refractivity contribution in [1.82, 2.24) is 9.78 Å². The van der Waals surface area contributed by atoms with E-state index >= 15 is 0 Å². The quantitative estimate of drug-likeness (QED) is 0.480. The maximum atomic E-state index is 13.6. The van der Waals surface area contributed by atoms with E-state index in [2.05, 4.69) is 11.4 Å². The van der Waals surface area contributed by atoms with Crippen molar-refractivity contribution in [3.8, 4) is 17.3 Å². The van der Waals surface area contributed by atoms with E-state index in [1.165, 1.54) is 0 Å². The molecule has 0 spiro atoms. The van der Waals surface area contributed by atoms with E-state index in [0.717, 1.165) is 28.2 Å². The lowest BCUT2D eigenvalue weighted by Gasteiger charge is -2.38. The zero-order valence-electron chi connectivity index (χ0n) is 17.3. The van der Waals surface area contributed by atoms with Crippen LogP contribution in [0.2, 0.25) is 0 Å². The molecule has 6 heteroatoms. The zero-order chi connectivity index (χ0) is 21.9. The Labute approximate surface area is 186 Å². The molecule has 0 bridgehead atoms. The first kappa shape index (κ1) is 19.6. The SMILES string of the molecule is N#CCCn1cc(C2Nc3ccccc3C(=O)N2c2ccccc2)c(-c2ccccc2)n1. The summed E-state index contributed by atoms with van der Waals surface area (Å²) in [5.41, 5.74) is 4.84. The Morgan fingerprint density at radius 2 is 1.62 bits per heavy atom. The largest absolute Gasteiger partial charge is 0.360 e. The highest BCUT2D eigenvalue weighted by atomic mass is 16.2. The summed E-state index contributed by atoms with van der Waals surface area (Å²) in [6.07, 6.45) is 1.84. The van der Waals surface area contributed by atoms with Gasteiger partial charge in [-0.05, 0) is 24.3 Å². The zero-order valence-corrected chi connectivity index (χ0v) is 17.3. The van der Waals surface area contributed by atoms with E-state index in [0.29, 0.717) is 18.5 Å². The molecule has 1 aromatic heterocycles. The molecular formula is C26H21N5O. The Kier molecular flexibility index (Phi) is 5.14. The molecule has 0 saturated carbocycles. The van der Waals surface area contributed by atoms with E-state index in [9.17, 15) is 4.79 Å². The van der Waals surface area contributed by atoms with Gasteiger partial charge < -0.3 is 5.32 Å². The predicted octanol–water partition coefficient (Wildman–Crippen LogP) is 5.23. The highest BCUT2D eigenvalue weighted by Crippen LogP contribution is 2.39. The minimum Gasteiger partial charge on any atom is -0.360 e. The molecule has 1 N–H and O–H groups in total. The van der Waals surface area contributed by atoms with Crippen LogP contribution >= 0.6 is 0 Å². The van der Waals surface area contributed by atoms with Crippen LogP contribution in [0, 0.1) is 11.3 Å². The predicted molar refractivity (Wildman–Crippen MR) is 124 cm³/mol. The van der Waals surface area contributed by atoms with Crippen LogP contribution in [0.4, 0.5) is 11.4 Å². The first-order valence-corrected chi connectivity index (χ1v) is 10.5. The number of benzene rings is 3. The number of nitrogens with zero attached hydrogens (tertiary/aromatic N) is 4. The van der Waals surface area contributed by atoms with Gasteiger partial charge in [0.15, 0.2) is 0 Å². The average molecular weight is 419 g/mol. The second-order valence-corrected chi connectivity index (χ2v) is 7.57. The number of aromatic nitrogens is 2. The van der Waals surface area contributed by atoms with Crippen molar-refractivity contribution in [2.45, 2.75) is 19.1 Å². The van der Waals surface area contributed by atoms with Crippen molar-refractivity contribution >= 4 is 17.3 Å². The number of aryl methyl sites for hydroxylation is 1. The van der Waals surface area contributed by atoms with E-state index in [-0.39, 0.29) is 5.91 Å². The van der Waals surface area contributed by atoms with Gasteiger partial charge in [-0.3, -0.25) is 14.4 Å². The molecule has 0 radical (unpaired) electrons. The fourth-order valence-electron chi connectivity index (χ4n) is 4.06. The monoisotopic (exact) mass is 419 g/mol. The molecule has 1 aliphatic rings. The van der Waals surface area contributed by atoms with Crippen molar-refractivity contribution in [3.63, 3.8) is 0 Å². The minimum atomic E-state index is -0.453. The van der Waals surface area contributed by atoms with Gasteiger partial charge in [-0.25, -0.2) is 0 Å². The number of nitriles is 1. The van der Waals surface area contributed by atoms with Crippen LogP contribution in [0.3, 0.4) is 0 Å². The fourth-order valence-corrected chi connectivity index (χ4v) is 4.06. The van der Waals surface area contributed by atoms with Crippen molar-refractivity contribution in [1.29, 1.82) is 5.26 Å². The molecule has 1 aliphatic heterocycles. The maximum Gasteiger partial charge on any atom is 0.262 e. The molecule has 5 rings (SSSR count). The third kappa shape index (κ3) is 3.50. The lowest BCUT2D eigenvalue weighted by Crippen LogP contribution is -2.43. The molecule has 0 saturated heterocycles. The van der Waals surface area contributed by atoms with Crippen LogP contribution < -0.4 is 10.2 Å². The van der Waals surface area contributed by atoms with Crippen LogP contribution in [-0.2, 0) is 6.54 Å². The molecule has 3 aromatic carbocycles. The number of nitrogens with one attached hydrogen (secondary N) is 1. The number of carbonyl (C=O) groups excluding carboxylic acids is 1. The lowest BCUT2D eigenvalue weighted by molar-refractivity contribution is 0.0975. The topological polar surface area (TPSA) is 74.0 Å². The molecule has 156 valence electrons. The molecule has 0 aliphatic carbocycles. The van der Waals surface area contributed by atoms with Gasteiger partial charge in [-0.15, -0.1) is 0 Å². The summed E-state index contributed by atoms with van der Waals surface area (Å²) in [5.74, 6) is -0.0701. The summed E-state index contributed by atoms with van der Waals surface area (Å²) >= 11 is 0. The number of para-hydroxylation sites is 2. The van der Waals surface area contributed by atoms with Crippen LogP contribution in [0.25, 0.3) is 11.3 Å². The number of anilines is 2. The van der Waals surface area contributed by atoms with E-state index in [1.807, 2.05) is 91.1 Å². The molecule has 32 heavy (non-hydrogen) atoms. The van der Waals surface area contributed by atoms with E-state index in [1.54, 1.807) is 9.58 Å². The Balaban J connectivity index is 1.68. The summed E-state index contributed by atoms with van der Waals surface area (Å²) in [6.45, 7) is 0.485. The number of amides is 1. The first-order valence-electron chi connectivity index (χ1n) is 10.5. The second kappa shape index (κ2) is 8.40. The van der Waals surface area contributed by atoms with Crippen LogP contribution in [0.1, 0.15) is 28.5 Å². The number of rotatable bonds is 5. The Hall–Kier alpha value is -4.37. The van der Waals surface area contributed by atoms with Gasteiger partial charge in [-0.1, -0.05) is 60.7 Å². The number of fused-ring (bicyclic) bond motifs is 1. The van der Waals surface area contributed by atoms with Crippen LogP contribution in [0.15, 0.2) is 91.1 Å². The highest BCUT2D eigenvalue weighted by Gasteiger charge is 2.36. The average Bonchev–Trinajstić information content (AvgIpc) is 3.28. The standard InChI is InChI=1S/C26H21N5O/c27-16-9-17-30-18-22(24(29-30)19-10-3-1-4-11-19)25-28-23-15-8-7-14-21(23)26(32)31(25)20-12-5-2-6-13-20/h1-8,10-15,18,25,28H,9,17H2. The van der Waals surface area contributed by atoms with Gasteiger partial charge in [0, 0.05) is 28.7 Å². The fraction of sp³-hybridized carbons (Fsp3) is 0.115. The van der Waals surface area contributed by atoms with Gasteiger partial charge in [-0.2, -0.15) is 10.4 Å². The van der Waals surface area contributed by atoms with Crippen molar-refractivity contribution < 1.29 is 4.79 Å². The van der Waals surface area contributed by atoms with Crippen LogP contribution in [-0.4, -0.2) is 15.7 Å². The number of carbonyl (C=O) groups is 1. The summed E-state index contributed by atoms with van der Waals surface area (Å²) in [4.78, 5) is 15.4. The van der Waals surface area contributed by atoms with E-state index < -0.39 is 6.17 Å². The highest BCUT2D eigenvalue weighted by molar-refractivity contribution is 6.12. The molecule has 4 aromatic rings. The number of hydrogen-bond donors (Lipinski definition) is 1. The minimum absolute atomic E-state index is 0.0701. The second-order valence-electron chi connectivity index (χ2n) is 7.57. The van der Waals surface area contributed by atoms with Gasteiger partial charge in [0.1, 0.15) is 6.17 Å². The van der Waals surface area contributed by atoms with E-state index in [4.69, 9.17) is 10.4 Å². The number of hydrogen-bond acceptors (Lipinski definition) is 4. The summed E-state index contributed by atoms with van der Waals surface area (Å²) < 4.78 is 1.79. The van der Waals surface area contributed by atoms with Gasteiger partial charge in [0.05, 0.1) is 30.3 Å². The Bertz CT molecular complexity index is 1290. The summed E-state index contributed by atoms with van der Waals surface area (Å²) in [7, 11) is 0. The molecule has 0 fully saturated rings. The lowest BCUT2D eigenvalue weighted by atomic mass is 10.0. The molecule has 2 heterocycles. The summed E-state index contributed by atoms with van der Waals surface area (Å²) in [5, 5.41) is 17.4. The van der Waals surface area contributed by atoms with Crippen LogP contribution in [0.5, 0.6) is 0 Å². The smallest absolute Gasteiger partial charge is 0.262 e. The molecule has 1 atom stereocenters. The third-order valence-corrected chi connectivity index (χ3v) is 5.55. The van der Waals surface area contributed by atoms with Gasteiger partial charge in [0.25, 0.3) is 5.91 Å². The third-order valence-electron chi connectivity index (χ3n) is 5.55. The Morgan fingerprint density at radius 1 is 0.938 bits per heavy atom. The van der Waals surface area contributed by atoms with Gasteiger partial charge >= 0.3 is 0 Å². The maximum absolute atomic E-state index is 13.6. The molecule has 6 nitrogen and oxygen atoms in total. The first-order chi connectivity index (χ1) is 15.8. The van der Waals surface area contributed by atoms with Crippen molar-refractivity contribution in [3.05, 3.63) is 102 Å². The van der Waals surface area contributed by atoms with Gasteiger partial charge in [0.2, 0.25) is 0 Å². The van der Waals surface area contributed by atoms with Crippen molar-refractivity contribution in [2.75, 3.05) is 10.2 Å². The Morgan fingerprint density at radius 3 is 2.38 bits per heavy atom. The molecular weight excluding hydrogens is 398 g/mol.